The fourth-order valence-electron chi connectivity index (χ4n) is 4.46. The molecule has 4 nitrogen and oxygen atoms in total. The molecule has 1 saturated heterocycles. The highest BCUT2D eigenvalue weighted by molar-refractivity contribution is 5.81. The summed E-state index contributed by atoms with van der Waals surface area (Å²) in [5.41, 5.74) is -10.5. The SMILES string of the molecule is C=CC(=O)OC1(C(F)(F)F)OC(CC)(C(F)(F)F)C(F)(F)C(O)(C2CCCCC2)C1(F)F. The minimum Gasteiger partial charge on any atom is -0.415 e. The third-order valence-corrected chi connectivity index (χ3v) is 6.13. The van der Waals surface area contributed by atoms with Crippen LogP contribution in [0.15, 0.2) is 12.7 Å². The Morgan fingerprint density at radius 2 is 1.53 bits per heavy atom. The summed E-state index contributed by atoms with van der Waals surface area (Å²) < 4.78 is 153. The summed E-state index contributed by atoms with van der Waals surface area (Å²) in [6.45, 7) is 2.99. The fraction of sp³-hybridized carbons (Fsp3) is 0.833. The first-order valence-electron chi connectivity index (χ1n) is 9.50. The van der Waals surface area contributed by atoms with E-state index in [-0.39, 0.29) is 25.3 Å². The number of hydrogen-bond donors (Lipinski definition) is 1. The highest BCUT2D eigenvalue weighted by atomic mass is 19.4. The van der Waals surface area contributed by atoms with Crippen molar-refractivity contribution in [1.82, 2.24) is 0 Å². The molecule has 0 aromatic heterocycles. The molecule has 0 aromatic carbocycles. The largest absolute Gasteiger partial charge is 0.462 e. The standard InChI is InChI=1S/C18H20F10O4/c1-3-11(29)31-16(18(26,27)28)15(21,22)13(30,10-8-6-5-7-9-10)14(19,20)12(4-2,32-16)17(23,24)25/h3,10,30H,1,4-9H2,2H3. The van der Waals surface area contributed by atoms with Crippen LogP contribution in [0.25, 0.3) is 0 Å². The zero-order valence-electron chi connectivity index (χ0n) is 16.6. The molecule has 2 fully saturated rings. The summed E-state index contributed by atoms with van der Waals surface area (Å²) in [6, 6.07) is 0. The normalized spacial score (nSPS) is 35.9. The number of esters is 1. The van der Waals surface area contributed by atoms with E-state index in [2.05, 4.69) is 16.1 Å². The molecule has 1 aliphatic carbocycles. The quantitative estimate of drug-likeness (QED) is 0.330. The molecule has 2 aliphatic rings. The molecule has 2 rings (SSSR count). The highest BCUT2D eigenvalue weighted by Gasteiger charge is 2.97. The average Bonchev–Trinajstić information content (AvgIpc) is 2.67. The van der Waals surface area contributed by atoms with Crippen molar-refractivity contribution in [3.63, 3.8) is 0 Å². The summed E-state index contributed by atoms with van der Waals surface area (Å²) in [4.78, 5) is 11.5. The second kappa shape index (κ2) is 7.74. The van der Waals surface area contributed by atoms with E-state index in [4.69, 9.17) is 0 Å². The lowest BCUT2D eigenvalue weighted by Crippen LogP contribution is -2.89. The van der Waals surface area contributed by atoms with Crippen molar-refractivity contribution in [3.8, 4) is 0 Å². The van der Waals surface area contributed by atoms with Crippen molar-refractivity contribution in [2.45, 2.75) is 86.6 Å². The molecule has 14 heteroatoms. The molecule has 0 radical (unpaired) electrons. The molecule has 1 N–H and O–H groups in total. The molecule has 1 heterocycles. The molecule has 0 bridgehead atoms. The summed E-state index contributed by atoms with van der Waals surface area (Å²) in [7, 11) is 0. The third-order valence-electron chi connectivity index (χ3n) is 6.13. The van der Waals surface area contributed by atoms with E-state index < -0.39 is 72.3 Å². The van der Waals surface area contributed by atoms with Gasteiger partial charge in [0.2, 0.25) is 11.2 Å². The van der Waals surface area contributed by atoms with E-state index in [0.717, 1.165) is 0 Å². The van der Waals surface area contributed by atoms with E-state index in [1.165, 1.54) is 0 Å². The fourth-order valence-corrected chi connectivity index (χ4v) is 4.46. The van der Waals surface area contributed by atoms with Crippen LogP contribution >= 0.6 is 0 Å². The third kappa shape index (κ3) is 3.15. The molecule has 186 valence electrons. The number of hydrogen-bond acceptors (Lipinski definition) is 4. The van der Waals surface area contributed by atoms with Gasteiger partial charge in [0.15, 0.2) is 0 Å². The monoisotopic (exact) mass is 490 g/mol. The van der Waals surface area contributed by atoms with Crippen LogP contribution in [0, 0.1) is 5.92 Å². The molecule has 1 aliphatic heterocycles. The van der Waals surface area contributed by atoms with Crippen LogP contribution in [-0.2, 0) is 14.3 Å². The van der Waals surface area contributed by atoms with Crippen LogP contribution in [0.4, 0.5) is 43.9 Å². The maximum atomic E-state index is 15.5. The van der Waals surface area contributed by atoms with Crippen LogP contribution in [0.5, 0.6) is 0 Å². The van der Waals surface area contributed by atoms with E-state index in [1.807, 2.05) is 0 Å². The van der Waals surface area contributed by atoms with Crippen molar-refractivity contribution in [1.29, 1.82) is 0 Å². The predicted molar refractivity (Wildman–Crippen MR) is 86.7 cm³/mol. The smallest absolute Gasteiger partial charge is 0.415 e. The van der Waals surface area contributed by atoms with Crippen LogP contribution in [-0.4, -0.2) is 52.3 Å². The van der Waals surface area contributed by atoms with Crippen molar-refractivity contribution in [2.24, 2.45) is 5.92 Å². The maximum Gasteiger partial charge on any atom is 0.462 e. The van der Waals surface area contributed by atoms with E-state index in [9.17, 15) is 36.2 Å². The summed E-state index contributed by atoms with van der Waals surface area (Å²) >= 11 is 0. The number of carbonyl (C=O) groups is 1. The van der Waals surface area contributed by atoms with Crippen molar-refractivity contribution in [3.05, 3.63) is 12.7 Å². The van der Waals surface area contributed by atoms with Gasteiger partial charge < -0.3 is 14.6 Å². The molecule has 1 saturated carbocycles. The van der Waals surface area contributed by atoms with Gasteiger partial charge in [-0.15, -0.1) is 0 Å². The molecule has 32 heavy (non-hydrogen) atoms. The number of carbonyl (C=O) groups excluding carboxylic acids is 1. The first-order chi connectivity index (χ1) is 14.3. The molecule has 3 unspecified atom stereocenters. The summed E-state index contributed by atoms with van der Waals surface area (Å²) in [6.07, 6.45) is -16.6. The number of rotatable bonds is 4. The van der Waals surface area contributed by atoms with Crippen LogP contribution < -0.4 is 0 Å². The number of ether oxygens (including phenoxy) is 2. The molecule has 0 amide bonds. The second-order valence-electron chi connectivity index (χ2n) is 7.77. The van der Waals surface area contributed by atoms with Gasteiger partial charge in [-0.3, -0.25) is 0 Å². The lowest BCUT2D eigenvalue weighted by Gasteiger charge is -2.62. The molecular weight excluding hydrogens is 470 g/mol. The van der Waals surface area contributed by atoms with Gasteiger partial charge in [-0.1, -0.05) is 32.8 Å². The van der Waals surface area contributed by atoms with Crippen molar-refractivity contribution < 1.29 is 63.3 Å². The van der Waals surface area contributed by atoms with E-state index >= 15 is 17.6 Å². The van der Waals surface area contributed by atoms with Gasteiger partial charge in [-0.2, -0.15) is 43.9 Å². The summed E-state index contributed by atoms with van der Waals surface area (Å²) in [5, 5.41) is 10.7. The van der Waals surface area contributed by atoms with Crippen molar-refractivity contribution in [2.75, 3.05) is 0 Å². The Morgan fingerprint density at radius 1 is 1.03 bits per heavy atom. The van der Waals surface area contributed by atoms with Gasteiger partial charge in [0, 0.05) is 12.0 Å². The van der Waals surface area contributed by atoms with Gasteiger partial charge in [-0.05, 0) is 19.3 Å². The lowest BCUT2D eigenvalue weighted by molar-refractivity contribution is -0.562. The average molecular weight is 490 g/mol. The minimum atomic E-state index is -6.68. The molecule has 3 atom stereocenters. The van der Waals surface area contributed by atoms with Gasteiger partial charge in [-0.25, -0.2) is 4.79 Å². The van der Waals surface area contributed by atoms with Crippen LogP contribution in [0.2, 0.25) is 0 Å². The second-order valence-corrected chi connectivity index (χ2v) is 7.77. The topological polar surface area (TPSA) is 55.8 Å². The molecule has 0 aromatic rings. The number of halogens is 10. The maximum absolute atomic E-state index is 15.5. The van der Waals surface area contributed by atoms with Gasteiger partial charge in [0.05, 0.1) is 0 Å². The molecular formula is C18H20F10O4. The first kappa shape index (κ1) is 26.7. The Kier molecular flexibility index (Phi) is 6.46. The number of aliphatic hydroxyl groups is 1. The van der Waals surface area contributed by atoms with Gasteiger partial charge in [0.25, 0.3) is 0 Å². The Morgan fingerprint density at radius 3 is 1.91 bits per heavy atom. The van der Waals surface area contributed by atoms with E-state index in [1.54, 1.807) is 0 Å². The lowest BCUT2D eigenvalue weighted by atomic mass is 9.61. The van der Waals surface area contributed by atoms with E-state index in [0.29, 0.717) is 6.92 Å². The predicted octanol–water partition coefficient (Wildman–Crippen LogP) is 5.30. The van der Waals surface area contributed by atoms with Gasteiger partial charge >= 0.3 is 36.0 Å². The van der Waals surface area contributed by atoms with Crippen LogP contribution in [0.1, 0.15) is 45.4 Å². The van der Waals surface area contributed by atoms with Crippen molar-refractivity contribution >= 4 is 5.97 Å². The molecule has 0 spiro atoms. The Hall–Kier alpha value is -1.57. The zero-order valence-corrected chi connectivity index (χ0v) is 16.6. The van der Waals surface area contributed by atoms with Gasteiger partial charge in [0.1, 0.15) is 0 Å². The van der Waals surface area contributed by atoms with Crippen LogP contribution in [0.3, 0.4) is 0 Å². The number of alkyl halides is 10. The Bertz CT molecular complexity index is 743. The highest BCUT2D eigenvalue weighted by Crippen LogP contribution is 2.69. The minimum absolute atomic E-state index is 0.0967. The first-order valence-corrected chi connectivity index (χ1v) is 9.50. The Labute approximate surface area is 175 Å². The zero-order chi connectivity index (χ0) is 25.0. The summed E-state index contributed by atoms with van der Waals surface area (Å²) in [5.74, 6) is -22.8. The Balaban J connectivity index is 3.02.